The Bertz CT molecular complexity index is 1500. The summed E-state index contributed by atoms with van der Waals surface area (Å²) in [5.41, 5.74) is -1.33. The fourth-order valence-corrected chi connectivity index (χ4v) is 4.47. The summed E-state index contributed by atoms with van der Waals surface area (Å²) < 4.78 is 58.7. The van der Waals surface area contributed by atoms with Gasteiger partial charge in [-0.15, -0.1) is 0 Å². The van der Waals surface area contributed by atoms with Gasteiger partial charge in [-0.25, -0.2) is 31.9 Å². The van der Waals surface area contributed by atoms with Crippen LogP contribution >= 0.6 is 0 Å². The molecule has 6 nitrogen and oxygen atoms in total. The van der Waals surface area contributed by atoms with Gasteiger partial charge in [0.2, 0.25) is 0 Å². The maximum atomic E-state index is 14.7. The van der Waals surface area contributed by atoms with Crippen LogP contribution in [0.3, 0.4) is 0 Å². The van der Waals surface area contributed by atoms with E-state index in [-0.39, 0.29) is 29.4 Å². The molecule has 5 rings (SSSR count). The Morgan fingerprint density at radius 3 is 2.36 bits per heavy atom. The molecule has 1 aliphatic rings. The molecule has 0 atom stereocenters. The zero-order valence-electron chi connectivity index (χ0n) is 17.3. The Morgan fingerprint density at radius 1 is 0.909 bits per heavy atom. The molecule has 0 amide bonds. The van der Waals surface area contributed by atoms with Gasteiger partial charge in [-0.1, -0.05) is 18.9 Å². The Kier molecular flexibility index (Phi) is 5.15. The molecule has 0 radical (unpaired) electrons. The molecule has 2 aromatic carbocycles. The highest BCUT2D eigenvalue weighted by Crippen LogP contribution is 2.28. The Labute approximate surface area is 184 Å². The molecule has 0 aliphatic heterocycles. The van der Waals surface area contributed by atoms with Crippen molar-refractivity contribution in [3.63, 3.8) is 0 Å². The van der Waals surface area contributed by atoms with Gasteiger partial charge in [0.05, 0.1) is 12.0 Å². The topological polar surface area (TPSA) is 61.8 Å². The van der Waals surface area contributed by atoms with Crippen LogP contribution in [-0.2, 0) is 6.54 Å². The van der Waals surface area contributed by atoms with Gasteiger partial charge in [0.1, 0.15) is 11.6 Å². The van der Waals surface area contributed by atoms with Crippen molar-refractivity contribution in [1.82, 2.24) is 18.7 Å². The average molecular weight is 458 g/mol. The summed E-state index contributed by atoms with van der Waals surface area (Å²) in [4.78, 5) is 31.0. The molecule has 170 valence electrons. The van der Waals surface area contributed by atoms with E-state index >= 15 is 0 Å². The number of aromatic nitrogens is 4. The zero-order chi connectivity index (χ0) is 23.3. The maximum absolute atomic E-state index is 14.7. The van der Waals surface area contributed by atoms with Crippen molar-refractivity contribution in [2.75, 3.05) is 0 Å². The lowest BCUT2D eigenvalue weighted by atomic mass is 10.2. The first-order valence-corrected chi connectivity index (χ1v) is 10.5. The fraction of sp³-hybridized carbons (Fsp3) is 0.261. The minimum absolute atomic E-state index is 0.00922. The molecular formula is C23H18F4N4O2. The van der Waals surface area contributed by atoms with Crippen LogP contribution in [0.5, 0.6) is 0 Å². The van der Waals surface area contributed by atoms with Crippen LogP contribution < -0.4 is 11.2 Å². The van der Waals surface area contributed by atoms with Crippen LogP contribution in [0, 0.1) is 23.3 Å². The van der Waals surface area contributed by atoms with Crippen LogP contribution in [0.25, 0.3) is 16.9 Å². The molecule has 1 saturated carbocycles. The van der Waals surface area contributed by atoms with E-state index in [0.29, 0.717) is 24.5 Å². The second kappa shape index (κ2) is 8.02. The van der Waals surface area contributed by atoms with Crippen molar-refractivity contribution >= 4 is 11.2 Å². The Hall–Kier alpha value is -3.69. The number of halogens is 4. The molecule has 0 spiro atoms. The minimum atomic E-state index is -1.04. The lowest BCUT2D eigenvalue weighted by Gasteiger charge is -2.17. The SMILES string of the molecule is O=c1c2c(ncn2Cc2ccc(F)c(F)c2)n(-c2ccc(F)cc2F)c(=O)n1C1CCCC1. The van der Waals surface area contributed by atoms with Gasteiger partial charge in [0.25, 0.3) is 5.56 Å². The van der Waals surface area contributed by atoms with Crippen molar-refractivity contribution in [1.29, 1.82) is 0 Å². The second-order valence-electron chi connectivity index (χ2n) is 8.12. The van der Waals surface area contributed by atoms with Gasteiger partial charge in [-0.2, -0.15) is 0 Å². The van der Waals surface area contributed by atoms with Gasteiger partial charge in [-0.3, -0.25) is 9.36 Å². The van der Waals surface area contributed by atoms with Crippen LogP contribution in [0.4, 0.5) is 17.6 Å². The number of hydrogen-bond acceptors (Lipinski definition) is 3. The summed E-state index contributed by atoms with van der Waals surface area (Å²) in [6.45, 7) is -0.0300. The predicted molar refractivity (Wildman–Crippen MR) is 112 cm³/mol. The van der Waals surface area contributed by atoms with E-state index in [1.165, 1.54) is 17.0 Å². The molecular weight excluding hydrogens is 440 g/mol. The highest BCUT2D eigenvalue weighted by Gasteiger charge is 2.27. The normalized spacial score (nSPS) is 14.4. The summed E-state index contributed by atoms with van der Waals surface area (Å²) in [6, 6.07) is 5.77. The lowest BCUT2D eigenvalue weighted by molar-refractivity contribution is 0.472. The molecule has 4 aromatic rings. The first-order chi connectivity index (χ1) is 15.8. The van der Waals surface area contributed by atoms with E-state index < -0.39 is 34.5 Å². The van der Waals surface area contributed by atoms with Crippen molar-refractivity contribution in [3.8, 4) is 5.69 Å². The van der Waals surface area contributed by atoms with Gasteiger partial charge >= 0.3 is 5.69 Å². The van der Waals surface area contributed by atoms with Crippen molar-refractivity contribution in [2.45, 2.75) is 38.3 Å². The number of imidazole rings is 1. The minimum Gasteiger partial charge on any atom is -0.320 e. The summed E-state index contributed by atoms with van der Waals surface area (Å²) >= 11 is 0. The average Bonchev–Trinajstić information content (AvgIpc) is 3.43. The molecule has 0 N–H and O–H groups in total. The summed E-state index contributed by atoms with van der Waals surface area (Å²) in [7, 11) is 0. The Morgan fingerprint density at radius 2 is 1.67 bits per heavy atom. The highest BCUT2D eigenvalue weighted by atomic mass is 19.2. The first kappa shape index (κ1) is 21.2. The molecule has 33 heavy (non-hydrogen) atoms. The third-order valence-corrected chi connectivity index (χ3v) is 6.03. The summed E-state index contributed by atoms with van der Waals surface area (Å²) in [5, 5.41) is 0. The third kappa shape index (κ3) is 3.55. The number of benzene rings is 2. The summed E-state index contributed by atoms with van der Waals surface area (Å²) in [6.07, 6.45) is 4.19. The fourth-order valence-electron chi connectivity index (χ4n) is 4.47. The lowest BCUT2D eigenvalue weighted by Crippen LogP contribution is -2.42. The molecule has 0 unspecified atom stereocenters. The van der Waals surface area contributed by atoms with Crippen molar-refractivity contribution in [3.05, 3.63) is 92.4 Å². The monoisotopic (exact) mass is 458 g/mol. The molecule has 1 aliphatic carbocycles. The van der Waals surface area contributed by atoms with E-state index in [1.807, 2.05) is 0 Å². The van der Waals surface area contributed by atoms with E-state index in [9.17, 15) is 27.2 Å². The van der Waals surface area contributed by atoms with E-state index in [4.69, 9.17) is 0 Å². The number of hydrogen-bond donors (Lipinski definition) is 0. The van der Waals surface area contributed by atoms with E-state index in [2.05, 4.69) is 4.98 Å². The van der Waals surface area contributed by atoms with Crippen molar-refractivity contribution < 1.29 is 17.6 Å². The number of nitrogens with zero attached hydrogens (tertiary/aromatic N) is 4. The molecule has 2 aromatic heterocycles. The van der Waals surface area contributed by atoms with E-state index in [0.717, 1.165) is 46.2 Å². The largest absolute Gasteiger partial charge is 0.337 e. The molecule has 2 heterocycles. The zero-order valence-corrected chi connectivity index (χ0v) is 17.3. The molecule has 0 bridgehead atoms. The van der Waals surface area contributed by atoms with Crippen LogP contribution in [-0.4, -0.2) is 18.7 Å². The van der Waals surface area contributed by atoms with Crippen LogP contribution in [0.1, 0.15) is 37.3 Å². The maximum Gasteiger partial charge on any atom is 0.337 e. The molecule has 0 saturated heterocycles. The van der Waals surface area contributed by atoms with Crippen LogP contribution in [0.15, 0.2) is 52.3 Å². The van der Waals surface area contributed by atoms with Crippen molar-refractivity contribution in [2.24, 2.45) is 0 Å². The first-order valence-electron chi connectivity index (χ1n) is 10.5. The smallest absolute Gasteiger partial charge is 0.320 e. The third-order valence-electron chi connectivity index (χ3n) is 6.03. The van der Waals surface area contributed by atoms with Gasteiger partial charge in [-0.05, 0) is 42.7 Å². The van der Waals surface area contributed by atoms with E-state index in [1.54, 1.807) is 0 Å². The quantitative estimate of drug-likeness (QED) is 0.433. The summed E-state index contributed by atoms with van der Waals surface area (Å²) in [5.74, 6) is -3.83. The molecule has 1 fully saturated rings. The number of rotatable bonds is 4. The standard InChI is InChI=1S/C23H18F4N4O2/c24-14-6-8-19(18(27)10-14)31-21-20(22(32)30(23(31)33)15-3-1-2-4-15)29(12-28-21)11-13-5-7-16(25)17(26)9-13/h5-10,12,15H,1-4,11H2. The Balaban J connectivity index is 1.78. The van der Waals surface area contributed by atoms with Gasteiger partial charge in [0.15, 0.2) is 22.8 Å². The van der Waals surface area contributed by atoms with Gasteiger partial charge < -0.3 is 4.57 Å². The second-order valence-corrected chi connectivity index (χ2v) is 8.12. The molecule has 10 heteroatoms. The number of fused-ring (bicyclic) bond motifs is 1. The highest BCUT2D eigenvalue weighted by molar-refractivity contribution is 5.72. The van der Waals surface area contributed by atoms with Gasteiger partial charge in [0, 0.05) is 18.7 Å². The van der Waals surface area contributed by atoms with Crippen LogP contribution in [0.2, 0.25) is 0 Å². The predicted octanol–water partition coefficient (Wildman–Crippen LogP) is 4.07.